The van der Waals surface area contributed by atoms with Gasteiger partial charge in [-0.05, 0) is 66.6 Å². The molecule has 0 atom stereocenters. The van der Waals surface area contributed by atoms with Crippen molar-refractivity contribution < 1.29 is 9.47 Å². The lowest BCUT2D eigenvalue weighted by molar-refractivity contribution is 0.0742. The van der Waals surface area contributed by atoms with Crippen LogP contribution in [0.3, 0.4) is 0 Å². The predicted molar refractivity (Wildman–Crippen MR) is 126 cm³/mol. The van der Waals surface area contributed by atoms with Crippen molar-refractivity contribution in [2.75, 3.05) is 26.8 Å². The second-order valence-corrected chi connectivity index (χ2v) is 8.12. The average molecular weight is 425 g/mol. The van der Waals surface area contributed by atoms with E-state index in [0.717, 1.165) is 30.9 Å². The van der Waals surface area contributed by atoms with E-state index in [2.05, 4.69) is 63.7 Å². The summed E-state index contributed by atoms with van der Waals surface area (Å²) < 4.78 is 11.1. The van der Waals surface area contributed by atoms with Gasteiger partial charge in [0.15, 0.2) is 0 Å². The summed E-state index contributed by atoms with van der Waals surface area (Å²) in [6.45, 7) is 9.80. The minimum absolute atomic E-state index is 0.416. The summed E-state index contributed by atoms with van der Waals surface area (Å²) in [5.74, 6) is 6.14. The summed E-state index contributed by atoms with van der Waals surface area (Å²) in [5.41, 5.74) is 2.99. The van der Waals surface area contributed by atoms with Crippen LogP contribution in [0.5, 0.6) is 0 Å². The molecular formula is C25H32N2O2S. The monoisotopic (exact) mass is 424 g/mol. The zero-order valence-electron chi connectivity index (χ0n) is 18.4. The van der Waals surface area contributed by atoms with Crippen molar-refractivity contribution in [3.05, 3.63) is 70.2 Å². The molecule has 0 aliphatic rings. The molecular weight excluding hydrogens is 392 g/mol. The quantitative estimate of drug-likeness (QED) is 0.368. The lowest BCUT2D eigenvalue weighted by atomic mass is 10.1. The van der Waals surface area contributed by atoms with Crippen LogP contribution in [0.25, 0.3) is 6.08 Å². The van der Waals surface area contributed by atoms with Crippen LogP contribution >= 0.6 is 11.3 Å². The second-order valence-electron chi connectivity index (χ2n) is 7.34. The number of hydrogen-bond donors (Lipinski definition) is 0. The lowest BCUT2D eigenvalue weighted by Crippen LogP contribution is -2.23. The maximum Gasteiger partial charge on any atom is 0.123 e. The average Bonchev–Trinajstić information content (AvgIpc) is 3.26. The first-order chi connectivity index (χ1) is 14.5. The van der Waals surface area contributed by atoms with E-state index < -0.39 is 5.60 Å². The lowest BCUT2D eigenvalue weighted by Gasteiger charge is -2.18. The van der Waals surface area contributed by atoms with E-state index >= 15 is 0 Å². The van der Waals surface area contributed by atoms with Crippen molar-refractivity contribution in [1.82, 2.24) is 9.88 Å². The Morgan fingerprint density at radius 2 is 2.13 bits per heavy atom. The highest BCUT2D eigenvalue weighted by atomic mass is 32.1. The second kappa shape index (κ2) is 13.1. The molecule has 0 aromatic carbocycles. The van der Waals surface area contributed by atoms with E-state index in [9.17, 15) is 0 Å². The van der Waals surface area contributed by atoms with E-state index in [-0.39, 0.29) is 0 Å². The molecule has 160 valence electrons. The van der Waals surface area contributed by atoms with Crippen LogP contribution in [0, 0.1) is 11.8 Å². The van der Waals surface area contributed by atoms with Gasteiger partial charge in [-0.15, -0.1) is 0 Å². The van der Waals surface area contributed by atoms with Crippen molar-refractivity contribution in [2.45, 2.75) is 39.5 Å². The minimum atomic E-state index is -0.416. The van der Waals surface area contributed by atoms with Crippen LogP contribution in [-0.2, 0) is 22.6 Å². The molecule has 2 aromatic rings. The maximum absolute atomic E-state index is 5.77. The third kappa shape index (κ3) is 9.51. The molecule has 2 heterocycles. The molecule has 0 aliphatic heterocycles. The summed E-state index contributed by atoms with van der Waals surface area (Å²) in [4.78, 5) is 6.83. The first-order valence-corrected chi connectivity index (χ1v) is 11.1. The van der Waals surface area contributed by atoms with Gasteiger partial charge in [-0.2, -0.15) is 11.3 Å². The molecule has 0 spiro atoms. The van der Waals surface area contributed by atoms with Gasteiger partial charge in [0.25, 0.3) is 0 Å². The number of thiophene rings is 1. The normalized spacial score (nSPS) is 12.0. The van der Waals surface area contributed by atoms with Crippen LogP contribution in [0.1, 0.15) is 37.6 Å². The third-order valence-electron chi connectivity index (χ3n) is 4.50. The molecule has 0 saturated heterocycles. The Morgan fingerprint density at radius 3 is 2.87 bits per heavy atom. The molecule has 0 fully saturated rings. The Balaban J connectivity index is 1.79. The van der Waals surface area contributed by atoms with Crippen molar-refractivity contribution in [2.24, 2.45) is 0 Å². The fraction of sp³-hybridized carbons (Fsp3) is 0.400. The zero-order chi connectivity index (χ0) is 21.7. The standard InChI is InChI=1S/C25H32N2O2S/c1-5-27(15-8-6-7-13-25(2,3)28-4)19-24-18-23(11-14-26-24)20-29-16-9-10-22-12-17-30-21-22/h6,8-12,14,17-18,21H,5,15-16,19-20H2,1-4H3/b8-6+,10-9+. The predicted octanol–water partition coefficient (Wildman–Crippen LogP) is 5.18. The topological polar surface area (TPSA) is 34.6 Å². The fourth-order valence-corrected chi connectivity index (χ4v) is 3.19. The van der Waals surface area contributed by atoms with Gasteiger partial charge < -0.3 is 9.47 Å². The first kappa shape index (κ1) is 24.0. The third-order valence-corrected chi connectivity index (χ3v) is 5.20. The van der Waals surface area contributed by atoms with Crippen molar-refractivity contribution >= 4 is 17.4 Å². The molecule has 0 saturated carbocycles. The first-order valence-electron chi connectivity index (χ1n) is 10.2. The van der Waals surface area contributed by atoms with Gasteiger partial charge in [0.2, 0.25) is 0 Å². The number of allylic oxidation sites excluding steroid dienone is 1. The molecule has 2 aromatic heterocycles. The Hall–Kier alpha value is -2.23. The smallest absolute Gasteiger partial charge is 0.123 e. The Kier molecular flexibility index (Phi) is 10.5. The summed E-state index contributed by atoms with van der Waals surface area (Å²) in [6, 6.07) is 6.23. The van der Waals surface area contributed by atoms with E-state index in [1.807, 2.05) is 38.3 Å². The SMILES string of the molecule is CCN(C/C=C/C#CC(C)(C)OC)Cc1cc(COC/C=C/c2ccsc2)ccn1. The number of nitrogens with zero attached hydrogens (tertiary/aromatic N) is 2. The molecule has 0 bridgehead atoms. The summed E-state index contributed by atoms with van der Waals surface area (Å²) in [7, 11) is 1.67. The fourth-order valence-electron chi connectivity index (χ4n) is 2.56. The van der Waals surface area contributed by atoms with Gasteiger partial charge >= 0.3 is 0 Å². The molecule has 0 N–H and O–H groups in total. The maximum atomic E-state index is 5.77. The number of hydrogen-bond acceptors (Lipinski definition) is 5. The molecule has 2 rings (SSSR count). The van der Waals surface area contributed by atoms with Crippen molar-refractivity contribution in [3.63, 3.8) is 0 Å². The molecule has 0 aliphatic carbocycles. The largest absolute Gasteiger partial charge is 0.373 e. The highest BCUT2D eigenvalue weighted by Gasteiger charge is 2.10. The van der Waals surface area contributed by atoms with Crippen LogP contribution in [0.2, 0.25) is 0 Å². The van der Waals surface area contributed by atoms with E-state index in [0.29, 0.717) is 13.2 Å². The molecule has 0 radical (unpaired) electrons. The van der Waals surface area contributed by atoms with Gasteiger partial charge in [-0.3, -0.25) is 9.88 Å². The van der Waals surface area contributed by atoms with Gasteiger partial charge in [0.1, 0.15) is 5.60 Å². The Labute approximate surface area is 185 Å². The van der Waals surface area contributed by atoms with Crippen LogP contribution in [-0.4, -0.2) is 42.3 Å². The van der Waals surface area contributed by atoms with E-state index in [1.165, 1.54) is 5.56 Å². The number of likely N-dealkylation sites (N-methyl/N-ethyl adjacent to an activating group) is 1. The van der Waals surface area contributed by atoms with Crippen molar-refractivity contribution in [1.29, 1.82) is 0 Å². The van der Waals surface area contributed by atoms with E-state index in [1.54, 1.807) is 18.4 Å². The molecule has 30 heavy (non-hydrogen) atoms. The minimum Gasteiger partial charge on any atom is -0.373 e. The van der Waals surface area contributed by atoms with Crippen LogP contribution in [0.15, 0.2) is 53.4 Å². The molecule has 5 heteroatoms. The van der Waals surface area contributed by atoms with Gasteiger partial charge in [0, 0.05) is 26.4 Å². The van der Waals surface area contributed by atoms with Crippen LogP contribution in [0.4, 0.5) is 0 Å². The number of aromatic nitrogens is 1. The Bertz CT molecular complexity index is 861. The van der Waals surface area contributed by atoms with Crippen molar-refractivity contribution in [3.8, 4) is 11.8 Å². The van der Waals surface area contributed by atoms with Gasteiger partial charge in [-0.25, -0.2) is 0 Å². The van der Waals surface area contributed by atoms with Gasteiger partial charge in [-0.1, -0.05) is 37.0 Å². The highest BCUT2D eigenvalue weighted by Crippen LogP contribution is 2.09. The molecule has 4 nitrogen and oxygen atoms in total. The number of ether oxygens (including phenoxy) is 2. The molecule has 0 unspecified atom stereocenters. The van der Waals surface area contributed by atoms with Gasteiger partial charge in [0.05, 0.1) is 18.9 Å². The summed E-state index contributed by atoms with van der Waals surface area (Å²) >= 11 is 1.70. The Morgan fingerprint density at radius 1 is 1.27 bits per heavy atom. The summed E-state index contributed by atoms with van der Waals surface area (Å²) in [5, 5.41) is 4.19. The number of rotatable bonds is 11. The zero-order valence-corrected chi connectivity index (χ0v) is 19.2. The highest BCUT2D eigenvalue weighted by molar-refractivity contribution is 7.08. The van der Waals surface area contributed by atoms with E-state index in [4.69, 9.17) is 9.47 Å². The molecule has 0 amide bonds. The van der Waals surface area contributed by atoms with Crippen LogP contribution < -0.4 is 0 Å². The summed E-state index contributed by atoms with van der Waals surface area (Å²) in [6.07, 6.45) is 9.96. The number of pyridine rings is 1. The number of methoxy groups -OCH3 is 1.